The minimum atomic E-state index is -1.15. The van der Waals surface area contributed by atoms with Gasteiger partial charge in [-0.1, -0.05) is 43.1 Å². The van der Waals surface area contributed by atoms with Gasteiger partial charge in [0.1, 0.15) is 5.54 Å². The average molecular weight is 315 g/mol. The van der Waals surface area contributed by atoms with E-state index in [1.807, 2.05) is 13.8 Å². The van der Waals surface area contributed by atoms with Crippen molar-refractivity contribution in [2.45, 2.75) is 26.3 Å². The molecule has 1 aliphatic heterocycles. The van der Waals surface area contributed by atoms with Gasteiger partial charge in [0.15, 0.2) is 0 Å². The Kier molecular flexibility index (Phi) is 3.98. The predicted molar refractivity (Wildman–Crippen MR) is 78.9 cm³/mol. The van der Waals surface area contributed by atoms with Crippen molar-refractivity contribution in [3.8, 4) is 0 Å². The average Bonchev–Trinajstić information content (AvgIpc) is 2.53. The lowest BCUT2D eigenvalue weighted by atomic mass is 9.92. The molecule has 0 aromatic heterocycles. The summed E-state index contributed by atoms with van der Waals surface area (Å²) in [6, 6.07) is 4.49. The van der Waals surface area contributed by atoms with Gasteiger partial charge in [0, 0.05) is 22.2 Å². The summed E-state index contributed by atoms with van der Waals surface area (Å²) in [4.78, 5) is 25.8. The van der Waals surface area contributed by atoms with E-state index in [1.165, 1.54) is 4.90 Å². The van der Waals surface area contributed by atoms with Crippen LogP contribution >= 0.6 is 23.2 Å². The van der Waals surface area contributed by atoms with Gasteiger partial charge >= 0.3 is 6.03 Å². The Morgan fingerprint density at radius 2 is 1.95 bits per heavy atom. The van der Waals surface area contributed by atoms with Crippen LogP contribution in [-0.4, -0.2) is 23.4 Å². The first-order chi connectivity index (χ1) is 9.25. The molecule has 1 heterocycles. The third kappa shape index (κ3) is 2.50. The highest BCUT2D eigenvalue weighted by Crippen LogP contribution is 2.35. The molecule has 0 unspecified atom stereocenters. The molecular formula is C14H16Cl2N2O2. The second-order valence-electron chi connectivity index (χ2n) is 5.49. The summed E-state index contributed by atoms with van der Waals surface area (Å²) in [5.41, 5.74) is -0.596. The molecule has 20 heavy (non-hydrogen) atoms. The van der Waals surface area contributed by atoms with Crippen LogP contribution in [0.3, 0.4) is 0 Å². The van der Waals surface area contributed by atoms with E-state index in [0.29, 0.717) is 22.2 Å². The highest BCUT2D eigenvalue weighted by Gasteiger charge is 2.49. The number of nitrogens with one attached hydrogen (secondary N) is 1. The number of hydrogen-bond acceptors (Lipinski definition) is 2. The van der Waals surface area contributed by atoms with Gasteiger partial charge in [0.05, 0.1) is 0 Å². The lowest BCUT2D eigenvalue weighted by Crippen LogP contribution is -2.41. The first-order valence-electron chi connectivity index (χ1n) is 6.35. The normalized spacial score (nSPS) is 22.6. The quantitative estimate of drug-likeness (QED) is 0.869. The van der Waals surface area contributed by atoms with Gasteiger partial charge in [-0.25, -0.2) is 4.79 Å². The zero-order chi connectivity index (χ0) is 15.1. The predicted octanol–water partition coefficient (Wildman–Crippen LogP) is 3.42. The number of carbonyl (C=O) groups excluding carboxylic acids is 2. The maximum atomic E-state index is 12.6. The lowest BCUT2D eigenvalue weighted by molar-refractivity contribution is -0.131. The maximum Gasteiger partial charge on any atom is 0.325 e. The van der Waals surface area contributed by atoms with Crippen LogP contribution in [0.1, 0.15) is 26.3 Å². The summed E-state index contributed by atoms with van der Waals surface area (Å²) in [6.07, 6.45) is 0. The number of halogens is 2. The highest BCUT2D eigenvalue weighted by molar-refractivity contribution is 6.35. The Morgan fingerprint density at radius 3 is 2.50 bits per heavy atom. The number of urea groups is 1. The number of nitrogens with zero attached hydrogens (tertiary/aromatic N) is 1. The van der Waals surface area contributed by atoms with Crippen LogP contribution in [0.4, 0.5) is 4.79 Å². The first-order valence-corrected chi connectivity index (χ1v) is 7.11. The second kappa shape index (κ2) is 5.26. The van der Waals surface area contributed by atoms with Gasteiger partial charge < -0.3 is 5.32 Å². The van der Waals surface area contributed by atoms with Crippen molar-refractivity contribution in [3.05, 3.63) is 33.8 Å². The van der Waals surface area contributed by atoms with Crippen molar-refractivity contribution in [3.63, 3.8) is 0 Å². The van der Waals surface area contributed by atoms with Gasteiger partial charge in [-0.15, -0.1) is 0 Å². The minimum Gasteiger partial charge on any atom is -0.319 e. The molecule has 1 atom stereocenters. The molecular weight excluding hydrogens is 299 g/mol. The Morgan fingerprint density at radius 1 is 1.30 bits per heavy atom. The fourth-order valence-electron chi connectivity index (χ4n) is 2.31. The molecule has 1 fully saturated rings. The number of rotatable bonds is 3. The minimum absolute atomic E-state index is 0.202. The number of amides is 3. The fourth-order valence-corrected chi connectivity index (χ4v) is 2.90. The molecule has 4 nitrogen and oxygen atoms in total. The standard InChI is InChI=1S/C14H16Cl2N2O2/c1-8(2)7-18-12(19)14(3,17-13(18)20)10-5-4-9(15)6-11(10)16/h4-6,8H,7H2,1-3H3,(H,17,20)/t14-/m0/s1. The van der Waals surface area contributed by atoms with Crippen LogP contribution in [-0.2, 0) is 10.3 Å². The number of benzene rings is 1. The largest absolute Gasteiger partial charge is 0.325 e. The lowest BCUT2D eigenvalue weighted by Gasteiger charge is -2.24. The van der Waals surface area contributed by atoms with Crippen molar-refractivity contribution in [1.29, 1.82) is 0 Å². The molecule has 1 aromatic rings. The summed E-state index contributed by atoms with van der Waals surface area (Å²) in [6.45, 7) is 5.94. The Balaban J connectivity index is 2.41. The van der Waals surface area contributed by atoms with E-state index in [0.717, 1.165) is 0 Å². The first kappa shape index (κ1) is 15.1. The second-order valence-corrected chi connectivity index (χ2v) is 6.33. The molecule has 6 heteroatoms. The molecule has 0 saturated carbocycles. The topological polar surface area (TPSA) is 49.4 Å². The Bertz CT molecular complexity index is 574. The van der Waals surface area contributed by atoms with Gasteiger partial charge in [0.25, 0.3) is 5.91 Å². The van der Waals surface area contributed by atoms with E-state index in [1.54, 1.807) is 25.1 Å². The SMILES string of the molecule is CC(C)CN1C(=O)N[C@@](C)(c2ccc(Cl)cc2Cl)C1=O. The summed E-state index contributed by atoms with van der Waals surface area (Å²) in [5.74, 6) is -0.0897. The monoisotopic (exact) mass is 314 g/mol. The molecule has 1 saturated heterocycles. The third-order valence-corrected chi connectivity index (χ3v) is 3.84. The molecule has 0 bridgehead atoms. The van der Waals surface area contributed by atoms with Crippen LogP contribution < -0.4 is 5.32 Å². The van der Waals surface area contributed by atoms with Crippen molar-refractivity contribution in [2.75, 3.05) is 6.54 Å². The van der Waals surface area contributed by atoms with Crippen molar-refractivity contribution in [1.82, 2.24) is 10.2 Å². The molecule has 0 aliphatic carbocycles. The Hall–Kier alpha value is -1.26. The molecule has 1 aliphatic rings. The van der Waals surface area contributed by atoms with E-state index in [4.69, 9.17) is 23.2 Å². The third-order valence-electron chi connectivity index (χ3n) is 3.29. The number of hydrogen-bond donors (Lipinski definition) is 1. The van der Waals surface area contributed by atoms with Crippen LogP contribution in [0.5, 0.6) is 0 Å². The molecule has 1 N–H and O–H groups in total. The van der Waals surface area contributed by atoms with Crippen molar-refractivity contribution < 1.29 is 9.59 Å². The number of carbonyl (C=O) groups is 2. The zero-order valence-electron chi connectivity index (χ0n) is 11.5. The maximum absolute atomic E-state index is 12.6. The molecule has 0 radical (unpaired) electrons. The summed E-state index contributed by atoms with van der Waals surface area (Å²) < 4.78 is 0. The zero-order valence-corrected chi connectivity index (χ0v) is 13.0. The van der Waals surface area contributed by atoms with Crippen LogP contribution in [0.2, 0.25) is 10.0 Å². The fraction of sp³-hybridized carbons (Fsp3) is 0.429. The smallest absolute Gasteiger partial charge is 0.319 e. The van der Waals surface area contributed by atoms with Crippen LogP contribution in [0.15, 0.2) is 18.2 Å². The summed E-state index contributed by atoms with van der Waals surface area (Å²) >= 11 is 12.0. The van der Waals surface area contributed by atoms with E-state index < -0.39 is 11.6 Å². The Labute approximate surface area is 128 Å². The van der Waals surface area contributed by atoms with Crippen LogP contribution in [0, 0.1) is 5.92 Å². The van der Waals surface area contributed by atoms with E-state index in [2.05, 4.69) is 5.32 Å². The molecule has 2 rings (SSSR count). The molecule has 3 amide bonds. The molecule has 0 spiro atoms. The molecule has 108 valence electrons. The summed E-state index contributed by atoms with van der Waals surface area (Å²) in [7, 11) is 0. The van der Waals surface area contributed by atoms with Gasteiger partial charge in [-0.3, -0.25) is 9.69 Å². The number of imide groups is 1. The summed E-state index contributed by atoms with van der Waals surface area (Å²) in [5, 5.41) is 3.57. The van der Waals surface area contributed by atoms with Gasteiger partial charge in [-0.05, 0) is 25.0 Å². The van der Waals surface area contributed by atoms with Gasteiger partial charge in [0.2, 0.25) is 0 Å². The molecule has 1 aromatic carbocycles. The van der Waals surface area contributed by atoms with Crippen molar-refractivity contribution in [2.24, 2.45) is 5.92 Å². The van der Waals surface area contributed by atoms with Gasteiger partial charge in [-0.2, -0.15) is 0 Å². The van der Waals surface area contributed by atoms with E-state index in [9.17, 15) is 9.59 Å². The van der Waals surface area contributed by atoms with Crippen LogP contribution in [0.25, 0.3) is 0 Å². The van der Waals surface area contributed by atoms with E-state index >= 15 is 0 Å². The highest BCUT2D eigenvalue weighted by atomic mass is 35.5. The van der Waals surface area contributed by atoms with Crippen molar-refractivity contribution >= 4 is 35.1 Å². The van der Waals surface area contributed by atoms with E-state index in [-0.39, 0.29) is 11.8 Å².